The predicted octanol–water partition coefficient (Wildman–Crippen LogP) is 0.108. The fourth-order valence-electron chi connectivity index (χ4n) is 3.56. The van der Waals surface area contributed by atoms with E-state index in [0.29, 0.717) is 25.7 Å². The lowest BCUT2D eigenvalue weighted by atomic mass is 9.96. The first-order chi connectivity index (χ1) is 10.1. The number of urea groups is 1. The lowest BCUT2D eigenvalue weighted by Gasteiger charge is -2.26. The fourth-order valence-corrected chi connectivity index (χ4v) is 3.56. The molecule has 2 amide bonds. The normalized spacial score (nSPS) is 33.0. The van der Waals surface area contributed by atoms with Crippen LogP contribution >= 0.6 is 0 Å². The predicted molar refractivity (Wildman–Crippen MR) is 75.1 cm³/mol. The van der Waals surface area contributed by atoms with Gasteiger partial charge in [-0.2, -0.15) is 0 Å². The molecule has 3 unspecified atom stereocenters. The Morgan fingerprint density at radius 1 is 1.19 bits per heavy atom. The van der Waals surface area contributed by atoms with Gasteiger partial charge in [-0.05, 0) is 25.7 Å². The summed E-state index contributed by atoms with van der Waals surface area (Å²) in [5.74, 6) is -0.813. The van der Waals surface area contributed by atoms with Crippen LogP contribution in [-0.2, 0) is 9.53 Å². The van der Waals surface area contributed by atoms with E-state index < -0.39 is 5.97 Å². The largest absolute Gasteiger partial charge is 0.480 e. The molecule has 2 N–H and O–H groups in total. The molecule has 0 aromatic rings. The Morgan fingerprint density at radius 3 is 2.71 bits per heavy atom. The van der Waals surface area contributed by atoms with Crippen LogP contribution in [0, 0.1) is 0 Å². The third-order valence-electron chi connectivity index (χ3n) is 4.65. The second-order valence-electron chi connectivity index (χ2n) is 6.18. The number of carbonyl (C=O) groups is 2. The zero-order valence-corrected chi connectivity index (χ0v) is 12.2. The highest BCUT2D eigenvalue weighted by Crippen LogP contribution is 2.34. The first-order valence-corrected chi connectivity index (χ1v) is 7.77. The van der Waals surface area contributed by atoms with Crippen LogP contribution in [0.4, 0.5) is 4.79 Å². The van der Waals surface area contributed by atoms with Gasteiger partial charge in [0.2, 0.25) is 0 Å². The van der Waals surface area contributed by atoms with E-state index in [-0.39, 0.29) is 24.7 Å². The number of hydrogen-bond acceptors (Lipinski definition) is 4. The molecular formula is C14H23N3O4. The first kappa shape index (κ1) is 14.6. The van der Waals surface area contributed by atoms with Crippen LogP contribution in [-0.4, -0.2) is 77.9 Å². The molecule has 0 aromatic carbocycles. The SMILES string of the molecule is O=C(O)CN1CCCN(C(=O)NC2CC3CCC2O3)CC1. The van der Waals surface area contributed by atoms with Crippen LogP contribution < -0.4 is 5.32 Å². The molecule has 3 aliphatic rings. The van der Waals surface area contributed by atoms with E-state index in [2.05, 4.69) is 5.32 Å². The molecule has 118 valence electrons. The standard InChI is InChI=1S/C14H23N3O4/c18-13(19)9-16-4-1-5-17(7-6-16)14(20)15-11-8-10-2-3-12(11)21-10/h10-12H,1-9H2,(H,15,20)(H,18,19). The molecule has 0 aliphatic carbocycles. The van der Waals surface area contributed by atoms with Gasteiger partial charge in [0.05, 0.1) is 24.8 Å². The quantitative estimate of drug-likeness (QED) is 0.772. The molecule has 3 heterocycles. The van der Waals surface area contributed by atoms with Crippen molar-refractivity contribution in [2.45, 2.75) is 43.9 Å². The maximum Gasteiger partial charge on any atom is 0.317 e. The van der Waals surface area contributed by atoms with Crippen molar-refractivity contribution in [2.75, 3.05) is 32.7 Å². The Balaban J connectivity index is 1.47. The zero-order valence-electron chi connectivity index (χ0n) is 12.2. The van der Waals surface area contributed by atoms with Gasteiger partial charge in [0.15, 0.2) is 0 Å². The molecule has 3 atom stereocenters. The second-order valence-corrected chi connectivity index (χ2v) is 6.18. The maximum atomic E-state index is 12.3. The molecular weight excluding hydrogens is 274 g/mol. The van der Waals surface area contributed by atoms with Gasteiger partial charge in [-0.25, -0.2) is 4.79 Å². The lowest BCUT2D eigenvalue weighted by Crippen LogP contribution is -2.49. The summed E-state index contributed by atoms with van der Waals surface area (Å²) in [6.45, 7) is 2.67. The average molecular weight is 297 g/mol. The van der Waals surface area contributed by atoms with Crippen LogP contribution in [0.25, 0.3) is 0 Å². The third kappa shape index (κ3) is 3.47. The number of carboxylic acid groups (broad SMARTS) is 1. The van der Waals surface area contributed by atoms with Gasteiger partial charge in [0.1, 0.15) is 0 Å². The molecule has 7 heteroatoms. The van der Waals surface area contributed by atoms with Crippen LogP contribution in [0.1, 0.15) is 25.7 Å². The fraction of sp³-hybridized carbons (Fsp3) is 0.857. The van der Waals surface area contributed by atoms with Crippen molar-refractivity contribution >= 4 is 12.0 Å². The Morgan fingerprint density at radius 2 is 2.05 bits per heavy atom. The Labute approximate surface area is 124 Å². The van der Waals surface area contributed by atoms with Crippen molar-refractivity contribution in [1.29, 1.82) is 0 Å². The summed E-state index contributed by atoms with van der Waals surface area (Å²) in [5, 5.41) is 11.9. The molecule has 3 fully saturated rings. The number of carbonyl (C=O) groups excluding carboxylic acids is 1. The minimum atomic E-state index is -0.813. The number of rotatable bonds is 3. The molecule has 0 radical (unpaired) electrons. The highest BCUT2D eigenvalue weighted by atomic mass is 16.5. The van der Waals surface area contributed by atoms with Crippen molar-refractivity contribution in [1.82, 2.24) is 15.1 Å². The summed E-state index contributed by atoms with van der Waals surface area (Å²) in [6.07, 6.45) is 4.42. The molecule has 21 heavy (non-hydrogen) atoms. The molecule has 3 rings (SSSR count). The van der Waals surface area contributed by atoms with Gasteiger partial charge in [-0.3, -0.25) is 9.69 Å². The number of ether oxygens (including phenoxy) is 1. The highest BCUT2D eigenvalue weighted by molar-refractivity contribution is 5.74. The third-order valence-corrected chi connectivity index (χ3v) is 4.65. The van der Waals surface area contributed by atoms with Crippen LogP contribution in [0.5, 0.6) is 0 Å². The van der Waals surface area contributed by atoms with Gasteiger partial charge in [0.25, 0.3) is 0 Å². The minimum absolute atomic E-state index is 0.0340. The van der Waals surface area contributed by atoms with Crippen LogP contribution in [0.2, 0.25) is 0 Å². The van der Waals surface area contributed by atoms with E-state index in [9.17, 15) is 9.59 Å². The van der Waals surface area contributed by atoms with Crippen molar-refractivity contribution < 1.29 is 19.4 Å². The van der Waals surface area contributed by atoms with Gasteiger partial charge in [-0.1, -0.05) is 0 Å². The number of amides is 2. The lowest BCUT2D eigenvalue weighted by molar-refractivity contribution is -0.138. The molecule has 3 aliphatic heterocycles. The van der Waals surface area contributed by atoms with E-state index >= 15 is 0 Å². The van der Waals surface area contributed by atoms with E-state index in [4.69, 9.17) is 9.84 Å². The van der Waals surface area contributed by atoms with Crippen LogP contribution in [0.3, 0.4) is 0 Å². The zero-order chi connectivity index (χ0) is 14.8. The first-order valence-electron chi connectivity index (χ1n) is 7.77. The number of aliphatic carboxylic acids is 1. The number of fused-ring (bicyclic) bond motifs is 2. The summed E-state index contributed by atoms with van der Waals surface area (Å²) >= 11 is 0. The Hall–Kier alpha value is -1.34. The van der Waals surface area contributed by atoms with E-state index in [1.807, 2.05) is 4.90 Å². The van der Waals surface area contributed by atoms with Crippen molar-refractivity contribution in [3.05, 3.63) is 0 Å². The number of carboxylic acids is 1. The second kappa shape index (κ2) is 6.19. The van der Waals surface area contributed by atoms with Crippen LogP contribution in [0.15, 0.2) is 0 Å². The number of nitrogens with one attached hydrogen (secondary N) is 1. The smallest absolute Gasteiger partial charge is 0.317 e. The van der Waals surface area contributed by atoms with Crippen molar-refractivity contribution in [3.8, 4) is 0 Å². The van der Waals surface area contributed by atoms with E-state index in [1.54, 1.807) is 4.90 Å². The average Bonchev–Trinajstić information content (AvgIpc) is 2.96. The van der Waals surface area contributed by atoms with Gasteiger partial charge >= 0.3 is 12.0 Å². The molecule has 2 bridgehead atoms. The number of nitrogens with zero attached hydrogens (tertiary/aromatic N) is 2. The monoisotopic (exact) mass is 297 g/mol. The molecule has 0 aromatic heterocycles. The van der Waals surface area contributed by atoms with Gasteiger partial charge in [-0.15, -0.1) is 0 Å². The highest BCUT2D eigenvalue weighted by Gasteiger charge is 2.41. The van der Waals surface area contributed by atoms with Crippen molar-refractivity contribution in [2.24, 2.45) is 0 Å². The van der Waals surface area contributed by atoms with Gasteiger partial charge in [0, 0.05) is 26.2 Å². The molecule has 0 saturated carbocycles. The topological polar surface area (TPSA) is 82.1 Å². The Kier molecular flexibility index (Phi) is 4.30. The van der Waals surface area contributed by atoms with Gasteiger partial charge < -0.3 is 20.1 Å². The van der Waals surface area contributed by atoms with Crippen molar-refractivity contribution in [3.63, 3.8) is 0 Å². The summed E-state index contributed by atoms with van der Waals surface area (Å²) in [4.78, 5) is 26.8. The summed E-state index contributed by atoms with van der Waals surface area (Å²) in [6, 6.07) is 0.114. The molecule has 0 spiro atoms. The Bertz CT molecular complexity index is 417. The molecule has 3 saturated heterocycles. The molecule has 7 nitrogen and oxygen atoms in total. The summed E-state index contributed by atoms with van der Waals surface area (Å²) in [5.41, 5.74) is 0. The maximum absolute atomic E-state index is 12.3. The number of hydrogen-bond donors (Lipinski definition) is 2. The minimum Gasteiger partial charge on any atom is -0.480 e. The summed E-state index contributed by atoms with van der Waals surface area (Å²) < 4.78 is 5.75. The van der Waals surface area contributed by atoms with E-state index in [1.165, 1.54) is 0 Å². The summed E-state index contributed by atoms with van der Waals surface area (Å²) in [7, 11) is 0. The van der Waals surface area contributed by atoms with E-state index in [0.717, 1.165) is 32.2 Å².